The summed E-state index contributed by atoms with van der Waals surface area (Å²) >= 11 is 5.85. The number of hydrogen-bond donors (Lipinski definition) is 0. The predicted molar refractivity (Wildman–Crippen MR) is 236 cm³/mol. The molecular formula is C49H36BrN3S. The van der Waals surface area contributed by atoms with Gasteiger partial charge < -0.3 is 14.4 Å². The average molecular weight is 779 g/mol. The fourth-order valence-corrected chi connectivity index (χ4v) is 9.75. The minimum Gasteiger partial charge on any atom is -0.334 e. The molecule has 2 aromatic heterocycles. The maximum absolute atomic E-state index is 3.99. The van der Waals surface area contributed by atoms with E-state index in [9.17, 15) is 0 Å². The molecule has 2 unspecified atom stereocenters. The van der Waals surface area contributed by atoms with E-state index in [2.05, 4.69) is 225 Å². The molecule has 0 saturated heterocycles. The lowest BCUT2D eigenvalue weighted by Crippen LogP contribution is -2.35. The first-order chi connectivity index (χ1) is 26.6. The Bertz CT molecular complexity index is 2890. The van der Waals surface area contributed by atoms with Crippen molar-refractivity contribution in [3.05, 3.63) is 193 Å². The summed E-state index contributed by atoms with van der Waals surface area (Å²) in [6, 6.07) is 59.7. The highest BCUT2D eigenvalue weighted by atomic mass is 79.9. The lowest BCUT2D eigenvalue weighted by atomic mass is 9.94. The van der Waals surface area contributed by atoms with E-state index in [1.54, 1.807) is 0 Å². The molecule has 7 aromatic carbocycles. The highest BCUT2D eigenvalue weighted by Crippen LogP contribution is 2.45. The van der Waals surface area contributed by atoms with E-state index in [0.29, 0.717) is 5.92 Å². The van der Waals surface area contributed by atoms with Crippen LogP contribution >= 0.6 is 27.3 Å². The lowest BCUT2D eigenvalue weighted by Gasteiger charge is -2.37. The van der Waals surface area contributed by atoms with Gasteiger partial charge in [0, 0.05) is 69.5 Å². The number of para-hydroxylation sites is 3. The second kappa shape index (κ2) is 13.5. The normalized spacial score (nSPS) is 15.4. The molecule has 0 spiro atoms. The molecule has 1 aliphatic rings. The van der Waals surface area contributed by atoms with Gasteiger partial charge >= 0.3 is 0 Å². The zero-order valence-electron chi connectivity index (χ0n) is 29.7. The molecule has 5 heteroatoms. The fourth-order valence-electron chi connectivity index (χ4n) is 8.19. The predicted octanol–water partition coefficient (Wildman–Crippen LogP) is 14.7. The van der Waals surface area contributed by atoms with E-state index in [1.165, 1.54) is 47.7 Å². The van der Waals surface area contributed by atoms with Crippen LogP contribution in [0.4, 0.5) is 28.4 Å². The van der Waals surface area contributed by atoms with Crippen LogP contribution in [0.3, 0.4) is 0 Å². The van der Waals surface area contributed by atoms with Crippen molar-refractivity contribution < 1.29 is 0 Å². The number of aromatic nitrogens is 1. The van der Waals surface area contributed by atoms with Crippen LogP contribution in [0.15, 0.2) is 193 Å². The van der Waals surface area contributed by atoms with E-state index < -0.39 is 0 Å². The Hall–Kier alpha value is -5.88. The number of fused-ring (bicyclic) bond motifs is 6. The molecule has 0 bridgehead atoms. The largest absolute Gasteiger partial charge is 0.334 e. The molecule has 0 amide bonds. The van der Waals surface area contributed by atoms with Crippen molar-refractivity contribution >= 4 is 97.7 Å². The maximum Gasteiger partial charge on any atom is 0.0585 e. The van der Waals surface area contributed by atoms with Gasteiger partial charge in [0.15, 0.2) is 0 Å². The van der Waals surface area contributed by atoms with Crippen LogP contribution < -0.4 is 9.80 Å². The second-order valence-electron chi connectivity index (χ2n) is 14.0. The Labute approximate surface area is 327 Å². The Kier molecular flexibility index (Phi) is 8.19. The van der Waals surface area contributed by atoms with Crippen molar-refractivity contribution in [3.8, 4) is 5.69 Å². The van der Waals surface area contributed by atoms with Gasteiger partial charge in [-0.15, -0.1) is 11.3 Å². The summed E-state index contributed by atoms with van der Waals surface area (Å²) in [7, 11) is 0. The van der Waals surface area contributed by atoms with E-state index in [4.69, 9.17) is 0 Å². The number of hydrogen-bond acceptors (Lipinski definition) is 3. The summed E-state index contributed by atoms with van der Waals surface area (Å²) in [5, 5.41) is 5.08. The average Bonchev–Trinajstić information content (AvgIpc) is 3.75. The summed E-state index contributed by atoms with van der Waals surface area (Å²) in [4.78, 5) is 4.90. The minimum absolute atomic E-state index is 0.127. The van der Waals surface area contributed by atoms with Gasteiger partial charge in [0.2, 0.25) is 0 Å². The molecule has 1 aliphatic carbocycles. The smallest absolute Gasteiger partial charge is 0.0585 e. The standard InChI is InChI=1S/C49H36BrN3S/c1-33-14-8-11-21-45(33)52(37-25-27-49-44(31-37)43-20-10-13-23-48(43)54-49)40-29-34(50)28-39(30-40)51(35-15-4-2-5-16-35)38-24-26-42-41-19-9-12-22-46(41)53(47(42)32-38)36-17-6-3-7-18-36/h2-33,45H,1H3. The Morgan fingerprint density at radius 1 is 0.500 bits per heavy atom. The highest BCUT2D eigenvalue weighted by Gasteiger charge is 2.27. The summed E-state index contributed by atoms with van der Waals surface area (Å²) in [5.74, 6) is 0.305. The molecule has 54 heavy (non-hydrogen) atoms. The van der Waals surface area contributed by atoms with Gasteiger partial charge in [0.25, 0.3) is 0 Å². The molecule has 0 aliphatic heterocycles. The van der Waals surface area contributed by atoms with Crippen molar-refractivity contribution in [1.82, 2.24) is 4.57 Å². The molecule has 0 fully saturated rings. The maximum atomic E-state index is 3.99. The molecule has 3 nitrogen and oxygen atoms in total. The third-order valence-electron chi connectivity index (χ3n) is 10.7. The van der Waals surface area contributed by atoms with Crippen molar-refractivity contribution in [2.24, 2.45) is 5.92 Å². The number of benzene rings is 7. The molecule has 0 N–H and O–H groups in total. The van der Waals surface area contributed by atoms with Crippen LogP contribution in [0.5, 0.6) is 0 Å². The van der Waals surface area contributed by atoms with Gasteiger partial charge in [-0.2, -0.15) is 0 Å². The topological polar surface area (TPSA) is 11.4 Å². The monoisotopic (exact) mass is 777 g/mol. The number of halogens is 1. The number of nitrogens with zero attached hydrogens (tertiary/aromatic N) is 3. The van der Waals surface area contributed by atoms with E-state index >= 15 is 0 Å². The molecule has 10 rings (SSSR count). The molecule has 0 saturated carbocycles. The molecule has 260 valence electrons. The molecule has 9 aromatic rings. The third kappa shape index (κ3) is 5.63. The summed E-state index contributed by atoms with van der Waals surface area (Å²) in [6.45, 7) is 2.31. The summed E-state index contributed by atoms with van der Waals surface area (Å²) in [6.07, 6.45) is 9.01. The summed E-state index contributed by atoms with van der Waals surface area (Å²) in [5.41, 5.74) is 9.05. The van der Waals surface area contributed by atoms with Crippen LogP contribution in [0.25, 0.3) is 47.7 Å². The SMILES string of the molecule is CC1C=CC=CC1N(c1cc(Br)cc(N(c2ccccc2)c2ccc3c4ccccc4n(-c4ccccc4)c3c2)c1)c1ccc2sc3ccccc3c2c1. The number of rotatable bonds is 7. The van der Waals surface area contributed by atoms with Crippen molar-refractivity contribution in [2.45, 2.75) is 13.0 Å². The zero-order valence-corrected chi connectivity index (χ0v) is 32.1. The first kappa shape index (κ1) is 32.7. The van der Waals surface area contributed by atoms with Crippen LogP contribution in [0.2, 0.25) is 0 Å². The van der Waals surface area contributed by atoms with Crippen LogP contribution in [-0.2, 0) is 0 Å². The quantitative estimate of drug-likeness (QED) is 0.160. The van der Waals surface area contributed by atoms with Crippen LogP contribution in [-0.4, -0.2) is 10.6 Å². The van der Waals surface area contributed by atoms with Gasteiger partial charge in [-0.1, -0.05) is 126 Å². The van der Waals surface area contributed by atoms with Crippen molar-refractivity contribution in [3.63, 3.8) is 0 Å². The first-order valence-corrected chi connectivity index (χ1v) is 20.0. The number of anilines is 5. The van der Waals surface area contributed by atoms with Crippen LogP contribution in [0.1, 0.15) is 6.92 Å². The van der Waals surface area contributed by atoms with Gasteiger partial charge in [-0.25, -0.2) is 0 Å². The van der Waals surface area contributed by atoms with Crippen molar-refractivity contribution in [1.29, 1.82) is 0 Å². The molecule has 2 atom stereocenters. The fraction of sp³-hybridized carbons (Fsp3) is 0.0612. The highest BCUT2D eigenvalue weighted by molar-refractivity contribution is 9.10. The second-order valence-corrected chi connectivity index (χ2v) is 16.0. The summed E-state index contributed by atoms with van der Waals surface area (Å²) < 4.78 is 6.03. The molecular weight excluding hydrogens is 743 g/mol. The third-order valence-corrected chi connectivity index (χ3v) is 12.3. The van der Waals surface area contributed by atoms with Gasteiger partial charge in [-0.05, 0) is 90.8 Å². The Morgan fingerprint density at radius 3 is 2.00 bits per heavy atom. The Balaban J connectivity index is 1.18. The molecule has 2 heterocycles. The van der Waals surface area contributed by atoms with E-state index in [0.717, 1.165) is 32.9 Å². The van der Waals surface area contributed by atoms with E-state index in [1.807, 2.05) is 11.3 Å². The Morgan fingerprint density at radius 2 is 1.17 bits per heavy atom. The lowest BCUT2D eigenvalue weighted by molar-refractivity contribution is 0.609. The number of thiophene rings is 1. The number of allylic oxidation sites excluding steroid dienone is 2. The van der Waals surface area contributed by atoms with Gasteiger partial charge in [0.05, 0.1) is 17.1 Å². The van der Waals surface area contributed by atoms with Gasteiger partial charge in [0.1, 0.15) is 0 Å². The first-order valence-electron chi connectivity index (χ1n) is 18.4. The molecule has 0 radical (unpaired) electrons. The zero-order chi connectivity index (χ0) is 36.2. The van der Waals surface area contributed by atoms with E-state index in [-0.39, 0.29) is 6.04 Å². The van der Waals surface area contributed by atoms with Crippen LogP contribution in [0, 0.1) is 5.92 Å². The van der Waals surface area contributed by atoms with Crippen molar-refractivity contribution in [2.75, 3.05) is 9.80 Å². The van der Waals surface area contributed by atoms with Gasteiger partial charge in [-0.3, -0.25) is 0 Å². The minimum atomic E-state index is 0.127.